The molecule has 0 aromatic heterocycles. The standard InChI is InChI=1S/C15H21Cl2NO3/c1-10(7-11(2)19)9-18-15(20)5-6-21-14-4-3-12(16)8-13(14)17/h3-4,8,10-11,19H,5-7,9H2,1-2H3,(H,18,20). The number of rotatable bonds is 8. The summed E-state index contributed by atoms with van der Waals surface area (Å²) in [6.45, 7) is 4.52. The second kappa shape index (κ2) is 9.13. The minimum Gasteiger partial charge on any atom is -0.491 e. The Bertz CT molecular complexity index is 466. The van der Waals surface area contributed by atoms with Crippen LogP contribution in [0.2, 0.25) is 10.0 Å². The number of nitrogens with one attached hydrogen (secondary N) is 1. The summed E-state index contributed by atoms with van der Waals surface area (Å²) < 4.78 is 5.44. The van der Waals surface area contributed by atoms with Gasteiger partial charge in [-0.25, -0.2) is 0 Å². The molecule has 21 heavy (non-hydrogen) atoms. The van der Waals surface area contributed by atoms with Crippen molar-refractivity contribution in [2.75, 3.05) is 13.2 Å². The van der Waals surface area contributed by atoms with Gasteiger partial charge in [0.15, 0.2) is 0 Å². The number of hydrogen-bond donors (Lipinski definition) is 2. The van der Waals surface area contributed by atoms with Gasteiger partial charge in [0.2, 0.25) is 5.91 Å². The van der Waals surface area contributed by atoms with E-state index in [0.717, 1.165) is 0 Å². The quantitative estimate of drug-likeness (QED) is 0.767. The Labute approximate surface area is 135 Å². The topological polar surface area (TPSA) is 58.6 Å². The zero-order valence-electron chi connectivity index (χ0n) is 12.2. The second-order valence-corrected chi connectivity index (χ2v) is 6.01. The Morgan fingerprint density at radius 2 is 2.10 bits per heavy atom. The van der Waals surface area contributed by atoms with Gasteiger partial charge in [0.05, 0.1) is 24.2 Å². The summed E-state index contributed by atoms with van der Waals surface area (Å²) in [6.07, 6.45) is 0.560. The van der Waals surface area contributed by atoms with Crippen molar-refractivity contribution in [2.45, 2.75) is 32.8 Å². The normalized spacial score (nSPS) is 13.6. The van der Waals surface area contributed by atoms with Crippen LogP contribution in [-0.4, -0.2) is 30.3 Å². The lowest BCUT2D eigenvalue weighted by Gasteiger charge is -2.14. The molecule has 2 atom stereocenters. The van der Waals surface area contributed by atoms with E-state index in [4.69, 9.17) is 27.9 Å². The van der Waals surface area contributed by atoms with Crippen LogP contribution in [0.15, 0.2) is 18.2 Å². The highest BCUT2D eigenvalue weighted by atomic mass is 35.5. The van der Waals surface area contributed by atoms with Crippen molar-refractivity contribution in [3.05, 3.63) is 28.2 Å². The van der Waals surface area contributed by atoms with E-state index in [2.05, 4.69) is 5.32 Å². The van der Waals surface area contributed by atoms with Crippen LogP contribution in [0.25, 0.3) is 0 Å². The number of aliphatic hydroxyl groups is 1. The number of carbonyl (C=O) groups excluding carboxylic acids is 1. The summed E-state index contributed by atoms with van der Waals surface area (Å²) in [5.41, 5.74) is 0. The van der Waals surface area contributed by atoms with Gasteiger partial charge >= 0.3 is 0 Å². The highest BCUT2D eigenvalue weighted by Crippen LogP contribution is 2.27. The van der Waals surface area contributed by atoms with Gasteiger partial charge < -0.3 is 15.2 Å². The number of hydrogen-bond acceptors (Lipinski definition) is 3. The fraction of sp³-hybridized carbons (Fsp3) is 0.533. The predicted octanol–water partition coefficient (Wildman–Crippen LogP) is 3.29. The molecule has 1 aromatic rings. The smallest absolute Gasteiger partial charge is 0.223 e. The van der Waals surface area contributed by atoms with Gasteiger partial charge in [-0.2, -0.15) is 0 Å². The molecule has 6 heteroatoms. The van der Waals surface area contributed by atoms with Crippen molar-refractivity contribution in [3.63, 3.8) is 0 Å². The molecule has 1 aromatic carbocycles. The van der Waals surface area contributed by atoms with Gasteiger partial charge in [-0.05, 0) is 37.5 Å². The SMILES string of the molecule is CC(O)CC(C)CNC(=O)CCOc1ccc(Cl)cc1Cl. The number of halogens is 2. The lowest BCUT2D eigenvalue weighted by atomic mass is 10.0. The van der Waals surface area contributed by atoms with Gasteiger partial charge in [-0.1, -0.05) is 30.1 Å². The Morgan fingerprint density at radius 1 is 1.38 bits per heavy atom. The van der Waals surface area contributed by atoms with E-state index < -0.39 is 0 Å². The first-order valence-electron chi connectivity index (χ1n) is 6.91. The molecule has 118 valence electrons. The van der Waals surface area contributed by atoms with Gasteiger partial charge in [0.25, 0.3) is 0 Å². The van der Waals surface area contributed by atoms with E-state index in [1.807, 2.05) is 6.92 Å². The van der Waals surface area contributed by atoms with Crippen molar-refractivity contribution >= 4 is 29.1 Å². The van der Waals surface area contributed by atoms with Crippen molar-refractivity contribution in [1.29, 1.82) is 0 Å². The monoisotopic (exact) mass is 333 g/mol. The fourth-order valence-electron chi connectivity index (χ4n) is 1.89. The number of aliphatic hydroxyl groups excluding tert-OH is 1. The summed E-state index contributed by atoms with van der Waals surface area (Å²) in [6, 6.07) is 4.95. The number of benzene rings is 1. The molecule has 2 unspecified atom stereocenters. The maximum Gasteiger partial charge on any atom is 0.223 e. The van der Waals surface area contributed by atoms with E-state index in [1.54, 1.807) is 25.1 Å². The number of carbonyl (C=O) groups is 1. The van der Waals surface area contributed by atoms with Crippen molar-refractivity contribution in [3.8, 4) is 5.75 Å². The van der Waals surface area contributed by atoms with E-state index in [0.29, 0.717) is 28.8 Å². The number of amides is 1. The van der Waals surface area contributed by atoms with Crippen LogP contribution in [0.5, 0.6) is 5.75 Å². The van der Waals surface area contributed by atoms with E-state index in [1.165, 1.54) is 0 Å². The highest BCUT2D eigenvalue weighted by molar-refractivity contribution is 6.35. The number of ether oxygens (including phenoxy) is 1. The molecule has 4 nitrogen and oxygen atoms in total. The van der Waals surface area contributed by atoms with Crippen LogP contribution >= 0.6 is 23.2 Å². The van der Waals surface area contributed by atoms with Gasteiger partial charge in [-0.15, -0.1) is 0 Å². The van der Waals surface area contributed by atoms with Crippen LogP contribution in [0.1, 0.15) is 26.7 Å². The Morgan fingerprint density at radius 3 is 2.71 bits per heavy atom. The Balaban J connectivity index is 2.24. The van der Waals surface area contributed by atoms with Crippen LogP contribution in [0.3, 0.4) is 0 Å². The summed E-state index contributed by atoms with van der Waals surface area (Å²) in [5.74, 6) is 0.662. The molecular weight excluding hydrogens is 313 g/mol. The lowest BCUT2D eigenvalue weighted by Crippen LogP contribution is -2.30. The summed E-state index contributed by atoms with van der Waals surface area (Å²) in [4.78, 5) is 11.7. The highest BCUT2D eigenvalue weighted by Gasteiger charge is 2.09. The third kappa shape index (κ3) is 7.55. The molecule has 0 fully saturated rings. The first-order chi connectivity index (χ1) is 9.88. The van der Waals surface area contributed by atoms with E-state index in [9.17, 15) is 9.90 Å². The minimum absolute atomic E-state index is 0.0856. The zero-order valence-corrected chi connectivity index (χ0v) is 13.7. The predicted molar refractivity (Wildman–Crippen MR) is 85.0 cm³/mol. The molecule has 0 heterocycles. The molecule has 0 aliphatic heterocycles. The summed E-state index contributed by atoms with van der Waals surface area (Å²) >= 11 is 11.7. The molecule has 0 aliphatic rings. The molecule has 2 N–H and O–H groups in total. The van der Waals surface area contributed by atoms with Crippen LogP contribution in [-0.2, 0) is 4.79 Å². The molecule has 1 amide bonds. The minimum atomic E-state index is -0.354. The molecule has 0 saturated heterocycles. The second-order valence-electron chi connectivity index (χ2n) is 5.17. The fourth-order valence-corrected chi connectivity index (χ4v) is 2.35. The molecule has 0 aliphatic carbocycles. The first kappa shape index (κ1) is 18.1. The molecule has 0 spiro atoms. The maximum atomic E-state index is 11.7. The average Bonchev–Trinajstić information content (AvgIpc) is 2.38. The zero-order chi connectivity index (χ0) is 15.8. The van der Waals surface area contributed by atoms with Crippen LogP contribution in [0, 0.1) is 5.92 Å². The van der Waals surface area contributed by atoms with Gasteiger partial charge in [0.1, 0.15) is 5.75 Å². The first-order valence-corrected chi connectivity index (χ1v) is 7.66. The van der Waals surface area contributed by atoms with Crippen LogP contribution in [0.4, 0.5) is 0 Å². The van der Waals surface area contributed by atoms with Crippen LogP contribution < -0.4 is 10.1 Å². The molecule has 1 rings (SSSR count). The third-order valence-electron chi connectivity index (χ3n) is 2.87. The van der Waals surface area contributed by atoms with Gasteiger partial charge in [-0.3, -0.25) is 4.79 Å². The summed E-state index contributed by atoms with van der Waals surface area (Å²) in [7, 11) is 0. The Hall–Kier alpha value is -0.970. The van der Waals surface area contributed by atoms with Crippen molar-refractivity contribution < 1.29 is 14.6 Å². The maximum absolute atomic E-state index is 11.7. The van der Waals surface area contributed by atoms with Crippen molar-refractivity contribution in [1.82, 2.24) is 5.32 Å². The van der Waals surface area contributed by atoms with Crippen molar-refractivity contribution in [2.24, 2.45) is 5.92 Å². The lowest BCUT2D eigenvalue weighted by molar-refractivity contribution is -0.121. The average molecular weight is 334 g/mol. The third-order valence-corrected chi connectivity index (χ3v) is 3.40. The molecule has 0 bridgehead atoms. The largest absolute Gasteiger partial charge is 0.491 e. The molecule has 0 saturated carbocycles. The summed E-state index contributed by atoms with van der Waals surface area (Å²) in [5, 5.41) is 13.0. The van der Waals surface area contributed by atoms with E-state index >= 15 is 0 Å². The van der Waals surface area contributed by atoms with E-state index in [-0.39, 0.29) is 31.0 Å². The molecular formula is C15H21Cl2NO3. The molecule has 0 radical (unpaired) electrons. The Kier molecular flexibility index (Phi) is 7.86. The van der Waals surface area contributed by atoms with Gasteiger partial charge in [0, 0.05) is 11.6 Å².